The van der Waals surface area contributed by atoms with Gasteiger partial charge in [-0.1, -0.05) is 0 Å². The summed E-state index contributed by atoms with van der Waals surface area (Å²) in [5, 5.41) is 7.03. The maximum atomic E-state index is 4.56. The van der Waals surface area contributed by atoms with E-state index in [1.165, 1.54) is 19.3 Å². The summed E-state index contributed by atoms with van der Waals surface area (Å²) in [6.45, 7) is 3.10. The molecule has 1 saturated carbocycles. The van der Waals surface area contributed by atoms with Crippen molar-refractivity contribution in [2.45, 2.75) is 32.2 Å². The number of pyridine rings is 1. The molecular weight excluding hydrogens is 186 g/mol. The van der Waals surface area contributed by atoms with E-state index in [4.69, 9.17) is 0 Å². The first-order valence-electron chi connectivity index (χ1n) is 5.81. The van der Waals surface area contributed by atoms with Gasteiger partial charge in [0.15, 0.2) is 0 Å². The van der Waals surface area contributed by atoms with Gasteiger partial charge in [0.05, 0.1) is 5.69 Å². The molecule has 1 atom stereocenters. The van der Waals surface area contributed by atoms with Gasteiger partial charge in [0.25, 0.3) is 0 Å². The molecule has 0 spiro atoms. The Hall–Kier alpha value is -1.25. The predicted molar refractivity (Wildman–Crippen MR) is 62.2 cm³/mol. The van der Waals surface area contributed by atoms with Crippen LogP contribution in [0.25, 0.3) is 0 Å². The molecule has 15 heavy (non-hydrogen) atoms. The van der Waals surface area contributed by atoms with E-state index >= 15 is 0 Å². The van der Waals surface area contributed by atoms with Crippen molar-refractivity contribution in [1.82, 2.24) is 4.98 Å². The van der Waals surface area contributed by atoms with E-state index in [0.29, 0.717) is 6.04 Å². The Morgan fingerprint density at radius 3 is 2.93 bits per heavy atom. The summed E-state index contributed by atoms with van der Waals surface area (Å²) < 4.78 is 0. The van der Waals surface area contributed by atoms with E-state index < -0.39 is 0 Å². The number of fused-ring (bicyclic) bond motifs is 1. The molecule has 3 rings (SSSR count). The highest BCUT2D eigenvalue weighted by molar-refractivity contribution is 5.65. The van der Waals surface area contributed by atoms with E-state index in [-0.39, 0.29) is 0 Å². The molecule has 2 N–H and O–H groups in total. The lowest BCUT2D eigenvalue weighted by Gasteiger charge is -2.15. The van der Waals surface area contributed by atoms with Gasteiger partial charge < -0.3 is 10.6 Å². The van der Waals surface area contributed by atoms with Crippen LogP contribution in [0.3, 0.4) is 0 Å². The number of aromatic nitrogens is 1. The molecule has 1 aliphatic heterocycles. The van der Waals surface area contributed by atoms with Crippen LogP contribution in [-0.4, -0.2) is 17.6 Å². The Morgan fingerprint density at radius 1 is 1.27 bits per heavy atom. The third-order valence-corrected chi connectivity index (χ3v) is 3.32. The summed E-state index contributed by atoms with van der Waals surface area (Å²) in [6.07, 6.45) is 3.98. The molecule has 3 heteroatoms. The number of anilines is 2. The topological polar surface area (TPSA) is 37.0 Å². The first-order valence-corrected chi connectivity index (χ1v) is 5.81. The zero-order valence-electron chi connectivity index (χ0n) is 9.09. The number of aryl methyl sites for hydroxylation is 1. The maximum Gasteiger partial charge on any atom is 0.149 e. The van der Waals surface area contributed by atoms with E-state index in [9.17, 15) is 0 Å². The van der Waals surface area contributed by atoms with Crippen LogP contribution in [0.2, 0.25) is 0 Å². The number of nitrogens with one attached hydrogen (secondary N) is 2. The maximum absolute atomic E-state index is 4.56. The lowest BCUT2D eigenvalue weighted by molar-refractivity contribution is 0.607. The van der Waals surface area contributed by atoms with E-state index in [1.807, 2.05) is 6.92 Å². The minimum absolute atomic E-state index is 0.632. The molecule has 1 aromatic rings. The second-order valence-corrected chi connectivity index (χ2v) is 4.65. The monoisotopic (exact) mass is 203 g/mol. The first kappa shape index (κ1) is 9.01. The van der Waals surface area contributed by atoms with Gasteiger partial charge in [0, 0.05) is 18.3 Å². The number of hydrogen-bond donors (Lipinski definition) is 2. The molecule has 0 amide bonds. The van der Waals surface area contributed by atoms with Gasteiger partial charge in [0.1, 0.15) is 5.82 Å². The average molecular weight is 203 g/mol. The first-order chi connectivity index (χ1) is 7.33. The van der Waals surface area contributed by atoms with Crippen molar-refractivity contribution < 1.29 is 0 Å². The molecule has 80 valence electrons. The fraction of sp³-hybridized carbons (Fsp3) is 0.583. The van der Waals surface area contributed by atoms with Gasteiger partial charge in [-0.05, 0) is 44.2 Å². The molecule has 1 aromatic heterocycles. The summed E-state index contributed by atoms with van der Waals surface area (Å²) >= 11 is 0. The van der Waals surface area contributed by atoms with Gasteiger partial charge in [0.2, 0.25) is 0 Å². The van der Waals surface area contributed by atoms with Crippen LogP contribution in [0, 0.1) is 12.8 Å². The van der Waals surface area contributed by atoms with Gasteiger partial charge in [-0.3, -0.25) is 0 Å². The Labute approximate surface area is 90.3 Å². The predicted octanol–water partition coefficient (Wildman–Crippen LogP) is 2.40. The van der Waals surface area contributed by atoms with Crippen molar-refractivity contribution in [2.24, 2.45) is 5.92 Å². The highest BCUT2D eigenvalue weighted by Gasteiger charge is 2.32. The summed E-state index contributed by atoms with van der Waals surface area (Å²) in [4.78, 5) is 4.56. The molecule has 1 fully saturated rings. The number of hydrogen-bond acceptors (Lipinski definition) is 3. The molecule has 1 unspecified atom stereocenters. The number of nitrogens with zero attached hydrogens (tertiary/aromatic N) is 1. The molecule has 3 nitrogen and oxygen atoms in total. The number of rotatable bonds is 1. The standard InChI is InChI=1S/C12H17N3/c1-8-2-5-11-12(14-8)15-10(6-7-13-11)9-3-4-9/h2,5,9-10,13H,3-4,6-7H2,1H3,(H,14,15). The molecule has 0 radical (unpaired) electrons. The SMILES string of the molecule is Cc1ccc2c(n1)NC(C1CC1)CCN2. The molecule has 2 aliphatic rings. The molecular formula is C12H17N3. The van der Waals surface area contributed by atoms with Crippen molar-refractivity contribution in [3.05, 3.63) is 17.8 Å². The molecule has 2 heterocycles. The van der Waals surface area contributed by atoms with Crippen molar-refractivity contribution in [3.8, 4) is 0 Å². The van der Waals surface area contributed by atoms with Crippen molar-refractivity contribution >= 4 is 11.5 Å². The van der Waals surface area contributed by atoms with Gasteiger partial charge >= 0.3 is 0 Å². The highest BCUT2D eigenvalue weighted by atomic mass is 15.1. The smallest absolute Gasteiger partial charge is 0.149 e. The van der Waals surface area contributed by atoms with Crippen molar-refractivity contribution in [1.29, 1.82) is 0 Å². The van der Waals surface area contributed by atoms with Crippen LogP contribution in [0.4, 0.5) is 11.5 Å². The van der Waals surface area contributed by atoms with Crippen LogP contribution in [-0.2, 0) is 0 Å². The second kappa shape index (κ2) is 3.40. The normalized spacial score (nSPS) is 24.7. The Balaban J connectivity index is 1.89. The fourth-order valence-corrected chi connectivity index (χ4v) is 2.27. The zero-order valence-corrected chi connectivity index (χ0v) is 9.09. The largest absolute Gasteiger partial charge is 0.382 e. The Bertz CT molecular complexity index is 371. The third kappa shape index (κ3) is 1.78. The lowest BCUT2D eigenvalue weighted by atomic mass is 10.1. The Morgan fingerprint density at radius 2 is 2.13 bits per heavy atom. The fourth-order valence-electron chi connectivity index (χ4n) is 2.27. The molecule has 0 aromatic carbocycles. The summed E-state index contributed by atoms with van der Waals surface area (Å²) in [7, 11) is 0. The quantitative estimate of drug-likeness (QED) is 0.736. The van der Waals surface area contributed by atoms with Gasteiger partial charge in [-0.2, -0.15) is 0 Å². The highest BCUT2D eigenvalue weighted by Crippen LogP contribution is 2.37. The average Bonchev–Trinajstić information content (AvgIpc) is 3.03. The van der Waals surface area contributed by atoms with Crippen LogP contribution < -0.4 is 10.6 Å². The van der Waals surface area contributed by atoms with E-state index in [2.05, 4.69) is 27.8 Å². The zero-order chi connectivity index (χ0) is 10.3. The minimum Gasteiger partial charge on any atom is -0.382 e. The Kier molecular flexibility index (Phi) is 2.04. The van der Waals surface area contributed by atoms with Crippen molar-refractivity contribution in [2.75, 3.05) is 17.2 Å². The van der Waals surface area contributed by atoms with Gasteiger partial charge in [-0.25, -0.2) is 4.98 Å². The van der Waals surface area contributed by atoms with E-state index in [1.54, 1.807) is 0 Å². The van der Waals surface area contributed by atoms with Crippen LogP contribution in [0.1, 0.15) is 25.0 Å². The molecule has 0 saturated heterocycles. The van der Waals surface area contributed by atoms with Crippen molar-refractivity contribution in [3.63, 3.8) is 0 Å². The third-order valence-electron chi connectivity index (χ3n) is 3.32. The van der Waals surface area contributed by atoms with Crippen LogP contribution in [0.5, 0.6) is 0 Å². The lowest BCUT2D eigenvalue weighted by Crippen LogP contribution is -2.22. The summed E-state index contributed by atoms with van der Waals surface area (Å²) in [5.74, 6) is 1.93. The molecule has 1 aliphatic carbocycles. The van der Waals surface area contributed by atoms with Crippen LogP contribution in [0.15, 0.2) is 12.1 Å². The van der Waals surface area contributed by atoms with E-state index in [0.717, 1.165) is 29.7 Å². The summed E-state index contributed by atoms with van der Waals surface area (Å²) in [6, 6.07) is 4.82. The van der Waals surface area contributed by atoms with Gasteiger partial charge in [-0.15, -0.1) is 0 Å². The minimum atomic E-state index is 0.632. The molecule has 0 bridgehead atoms. The second-order valence-electron chi connectivity index (χ2n) is 4.65. The summed E-state index contributed by atoms with van der Waals surface area (Å²) in [5.41, 5.74) is 2.24. The van der Waals surface area contributed by atoms with Crippen LogP contribution >= 0.6 is 0 Å².